The molecule has 1 aromatic carbocycles. The van der Waals surface area contributed by atoms with Crippen LogP contribution in [0.5, 0.6) is 0 Å². The van der Waals surface area contributed by atoms with Crippen LogP contribution in [-0.2, 0) is 13.7 Å². The van der Waals surface area contributed by atoms with E-state index < -0.39 is 20.4 Å². The Morgan fingerprint density at radius 2 is 1.68 bits per heavy atom. The van der Waals surface area contributed by atoms with Crippen molar-refractivity contribution < 1.29 is 16.8 Å². The lowest BCUT2D eigenvalue weighted by Gasteiger charge is -2.29. The summed E-state index contributed by atoms with van der Waals surface area (Å²) in [6, 6.07) is 7.48. The van der Waals surface area contributed by atoms with Gasteiger partial charge >= 0.3 is 0 Å². The molecule has 0 fully saturated rings. The molecule has 0 unspecified atom stereocenters. The van der Waals surface area contributed by atoms with Gasteiger partial charge in [0.25, 0.3) is 10.1 Å². The number of benzene rings is 1. The van der Waals surface area contributed by atoms with E-state index in [0.29, 0.717) is 17.9 Å². The molecule has 1 rings (SSSR count). The molecule has 22 heavy (non-hydrogen) atoms. The Morgan fingerprint density at radius 1 is 1.14 bits per heavy atom. The normalized spacial score (nSPS) is 13.4. The lowest BCUT2D eigenvalue weighted by atomic mass is 10.0. The van der Waals surface area contributed by atoms with E-state index in [9.17, 15) is 13.2 Å². The molecule has 0 radical (unpaired) electrons. The van der Waals surface area contributed by atoms with Crippen molar-refractivity contribution in [3.05, 3.63) is 35.4 Å². The second-order valence-corrected chi connectivity index (χ2v) is 11.3. The fourth-order valence-electron chi connectivity index (χ4n) is 2.04. The maximum absolute atomic E-state index is 12.3. The molecule has 4 nitrogen and oxygen atoms in total. The molecule has 0 bridgehead atoms. The molecule has 0 amide bonds. The molecule has 0 N–H and O–H groups in total. The molecule has 0 saturated carbocycles. The molecule has 0 aliphatic rings. The summed E-state index contributed by atoms with van der Waals surface area (Å²) in [5, 5.41) is 0. The summed E-state index contributed by atoms with van der Waals surface area (Å²) < 4.78 is 28.8. The van der Waals surface area contributed by atoms with Gasteiger partial charge in [0.15, 0.2) is 5.78 Å². The van der Waals surface area contributed by atoms with E-state index in [0.717, 1.165) is 0 Å². The van der Waals surface area contributed by atoms with Gasteiger partial charge in [-0.15, -0.1) is 10.3 Å². The third kappa shape index (κ3) is 6.10. The highest BCUT2D eigenvalue weighted by Crippen LogP contribution is 2.43. The van der Waals surface area contributed by atoms with Gasteiger partial charge < -0.3 is 0 Å². The van der Waals surface area contributed by atoms with E-state index in [-0.39, 0.29) is 17.3 Å². The molecule has 6 heteroatoms. The zero-order chi connectivity index (χ0) is 17.0. The van der Waals surface area contributed by atoms with E-state index in [1.165, 1.54) is 5.56 Å². The average Bonchev–Trinajstić information content (AvgIpc) is 2.36. The van der Waals surface area contributed by atoms with Gasteiger partial charge in [0.1, 0.15) is 0 Å². The lowest BCUT2D eigenvalue weighted by molar-refractivity contribution is 0.102. The number of ketones is 1. The highest BCUT2D eigenvalue weighted by atomic mass is 32.3. The Hall–Kier alpha value is -0.850. The van der Waals surface area contributed by atoms with Crippen molar-refractivity contribution in [1.82, 2.24) is 0 Å². The fourth-order valence-corrected chi connectivity index (χ4v) is 6.05. The number of hydrogen-bond acceptors (Lipinski definition) is 4. The number of Topliss-reactive ketones (excluding diaryl/α,β-unsaturated/α-hetero) is 1. The van der Waals surface area contributed by atoms with Crippen LogP contribution in [0.2, 0.25) is 0 Å². The first kappa shape index (κ1) is 19.2. The van der Waals surface area contributed by atoms with Gasteiger partial charge in [0.05, 0.1) is 11.5 Å². The van der Waals surface area contributed by atoms with E-state index in [1.54, 1.807) is 31.6 Å². The fraction of sp³-hybridized carbons (Fsp3) is 0.562. The maximum atomic E-state index is 12.3. The van der Waals surface area contributed by atoms with Crippen LogP contribution in [0.3, 0.4) is 0 Å². The third-order valence-corrected chi connectivity index (χ3v) is 7.29. The minimum Gasteiger partial charge on any atom is -0.293 e. The van der Waals surface area contributed by atoms with Crippen molar-refractivity contribution in [2.45, 2.75) is 33.1 Å². The van der Waals surface area contributed by atoms with Crippen LogP contribution in [-0.4, -0.2) is 38.2 Å². The van der Waals surface area contributed by atoms with Gasteiger partial charge in [-0.25, -0.2) is 3.63 Å². The molecule has 1 aromatic rings. The summed E-state index contributed by atoms with van der Waals surface area (Å²) in [6.07, 6.45) is 3.92. The van der Waals surface area contributed by atoms with E-state index in [4.69, 9.17) is 3.63 Å². The van der Waals surface area contributed by atoms with E-state index in [1.807, 2.05) is 12.1 Å². The minimum absolute atomic E-state index is 0.0132. The summed E-state index contributed by atoms with van der Waals surface area (Å²) in [4.78, 5) is 12.3. The van der Waals surface area contributed by atoms with Crippen molar-refractivity contribution in [2.75, 3.05) is 24.0 Å². The summed E-state index contributed by atoms with van der Waals surface area (Å²) in [5.41, 5.74) is 1.77. The summed E-state index contributed by atoms with van der Waals surface area (Å²) in [7, 11) is -5.52. The van der Waals surface area contributed by atoms with Crippen LogP contribution in [0.15, 0.2) is 24.3 Å². The molecule has 126 valence electrons. The van der Waals surface area contributed by atoms with Gasteiger partial charge in [0, 0.05) is 5.56 Å². The first-order valence-corrected chi connectivity index (χ1v) is 11.5. The predicted molar refractivity (Wildman–Crippen MR) is 94.3 cm³/mol. The molecule has 0 spiro atoms. The lowest BCUT2D eigenvalue weighted by Crippen LogP contribution is -2.19. The molecular weight excluding hydrogens is 320 g/mol. The van der Waals surface area contributed by atoms with Crippen LogP contribution >= 0.6 is 10.3 Å². The Kier molecular flexibility index (Phi) is 6.65. The zero-order valence-corrected chi connectivity index (χ0v) is 15.6. The van der Waals surface area contributed by atoms with Gasteiger partial charge in [-0.2, -0.15) is 8.42 Å². The predicted octanol–water partition coefficient (Wildman–Crippen LogP) is 3.73. The summed E-state index contributed by atoms with van der Waals surface area (Å²) in [6.45, 7) is 5.97. The van der Waals surface area contributed by atoms with Crippen LogP contribution in [0.4, 0.5) is 0 Å². The quantitative estimate of drug-likeness (QED) is 0.673. The summed E-state index contributed by atoms with van der Waals surface area (Å²) >= 11 is 0. The number of rotatable bonds is 8. The highest BCUT2D eigenvalue weighted by Gasteiger charge is 2.25. The van der Waals surface area contributed by atoms with Crippen LogP contribution in [0, 0.1) is 0 Å². The first-order chi connectivity index (χ1) is 10.1. The zero-order valence-electron chi connectivity index (χ0n) is 14.0. The second-order valence-electron chi connectivity index (χ2n) is 6.11. The molecule has 0 saturated heterocycles. The molecule has 0 aliphatic heterocycles. The first-order valence-electron chi connectivity index (χ1n) is 7.34. The number of carbonyl (C=O) groups is 1. The van der Waals surface area contributed by atoms with Gasteiger partial charge in [-0.3, -0.25) is 4.79 Å². The molecule has 0 heterocycles. The monoisotopic (exact) mass is 346 g/mol. The van der Waals surface area contributed by atoms with Gasteiger partial charge in [-0.05, 0) is 30.4 Å². The molecule has 0 aliphatic carbocycles. The Balaban J connectivity index is 2.78. The minimum atomic E-state index is -3.55. The standard InChI is InChI=1S/C16H26O4S2/c1-6-11-22(18,19)20-21(4,5)12-16(17)15-9-7-14(8-10-15)13(2)3/h7-10,13H,6,11-12H2,1-5H3. The van der Waals surface area contributed by atoms with Crippen LogP contribution in [0.1, 0.15) is 49.0 Å². The van der Waals surface area contributed by atoms with Crippen molar-refractivity contribution in [3.8, 4) is 0 Å². The van der Waals surface area contributed by atoms with Crippen molar-refractivity contribution in [2.24, 2.45) is 0 Å². The number of hydrogen-bond donors (Lipinski definition) is 0. The van der Waals surface area contributed by atoms with Crippen molar-refractivity contribution in [1.29, 1.82) is 0 Å². The Labute approximate surface area is 135 Å². The van der Waals surface area contributed by atoms with Gasteiger partial charge in [-0.1, -0.05) is 45.0 Å². The Morgan fingerprint density at radius 3 is 2.14 bits per heavy atom. The Bertz CT molecular complexity index is 602. The molecular formula is C16H26O4S2. The van der Waals surface area contributed by atoms with E-state index >= 15 is 0 Å². The highest BCUT2D eigenvalue weighted by molar-refractivity contribution is 8.32. The summed E-state index contributed by atoms with van der Waals surface area (Å²) in [5.74, 6) is 0.424. The molecule has 0 atom stereocenters. The van der Waals surface area contributed by atoms with E-state index in [2.05, 4.69) is 13.8 Å². The maximum Gasteiger partial charge on any atom is 0.276 e. The van der Waals surface area contributed by atoms with Crippen LogP contribution in [0.25, 0.3) is 0 Å². The SMILES string of the molecule is CCCS(=O)(=O)OS(C)(C)CC(=O)c1ccc(C(C)C)cc1. The second kappa shape index (κ2) is 7.62. The number of carbonyl (C=O) groups excluding carboxylic acids is 1. The average molecular weight is 347 g/mol. The van der Waals surface area contributed by atoms with Crippen molar-refractivity contribution in [3.63, 3.8) is 0 Å². The third-order valence-electron chi connectivity index (χ3n) is 3.12. The topological polar surface area (TPSA) is 60.4 Å². The van der Waals surface area contributed by atoms with Crippen LogP contribution < -0.4 is 0 Å². The smallest absolute Gasteiger partial charge is 0.276 e. The largest absolute Gasteiger partial charge is 0.293 e. The molecule has 0 aromatic heterocycles. The van der Waals surface area contributed by atoms with Crippen molar-refractivity contribution >= 4 is 26.2 Å². The van der Waals surface area contributed by atoms with Gasteiger partial charge in [0.2, 0.25) is 0 Å².